The highest BCUT2D eigenvalue weighted by Crippen LogP contribution is 2.16. The van der Waals surface area contributed by atoms with Crippen molar-refractivity contribution in [1.82, 2.24) is 0 Å². The van der Waals surface area contributed by atoms with Crippen molar-refractivity contribution < 1.29 is 22.7 Å². The van der Waals surface area contributed by atoms with Crippen molar-refractivity contribution in [3.63, 3.8) is 0 Å². The summed E-state index contributed by atoms with van der Waals surface area (Å²) in [5.41, 5.74) is 4.45. The minimum Gasteiger partial charge on any atom is -1.00 e. The fourth-order valence-electron chi connectivity index (χ4n) is 6.11. The Hall–Kier alpha value is 0.440. The van der Waals surface area contributed by atoms with Crippen LogP contribution in [0.25, 0.3) is 0 Å². The van der Waals surface area contributed by atoms with Crippen LogP contribution in [0, 0.1) is 0 Å². The van der Waals surface area contributed by atoms with Gasteiger partial charge in [-0.05, 0) is 25.7 Å². The lowest BCUT2D eigenvalue weighted by molar-refractivity contribution is -0.423. The SMILES string of the molecule is CCCCCCCCCCCCCCCCCCC([NH3+])CCCCCCCCCCCCCCCCCC.[Br-]. The maximum Gasteiger partial charge on any atom is 0.0843 e. The average Bonchev–Trinajstić information content (AvgIpc) is 2.92. The van der Waals surface area contributed by atoms with Crippen molar-refractivity contribution in [2.75, 3.05) is 0 Å². The second-order valence-corrected chi connectivity index (χ2v) is 13.0. The summed E-state index contributed by atoms with van der Waals surface area (Å²) >= 11 is 0. The molecule has 3 N–H and O–H groups in total. The third-order valence-electron chi connectivity index (χ3n) is 8.93. The van der Waals surface area contributed by atoms with Crippen LogP contribution in [0.5, 0.6) is 0 Å². The van der Waals surface area contributed by atoms with Gasteiger partial charge in [0.1, 0.15) is 0 Å². The van der Waals surface area contributed by atoms with Crippen molar-refractivity contribution in [3.8, 4) is 0 Å². The molecule has 238 valence electrons. The van der Waals surface area contributed by atoms with E-state index in [2.05, 4.69) is 19.6 Å². The van der Waals surface area contributed by atoms with Crippen molar-refractivity contribution in [1.29, 1.82) is 0 Å². The molecule has 0 aromatic carbocycles. The van der Waals surface area contributed by atoms with E-state index in [1.54, 1.807) is 0 Å². The molecule has 1 nitrogen and oxygen atoms in total. The summed E-state index contributed by atoms with van der Waals surface area (Å²) in [7, 11) is 0. The minimum atomic E-state index is 0. The Morgan fingerprint density at radius 1 is 0.282 bits per heavy atom. The number of hydrogen-bond acceptors (Lipinski definition) is 0. The van der Waals surface area contributed by atoms with E-state index in [4.69, 9.17) is 0 Å². The number of halogens is 1. The second kappa shape index (κ2) is 38.4. The van der Waals surface area contributed by atoms with E-state index in [0.29, 0.717) is 6.04 Å². The highest BCUT2D eigenvalue weighted by Gasteiger charge is 2.05. The van der Waals surface area contributed by atoms with Gasteiger partial charge < -0.3 is 22.7 Å². The van der Waals surface area contributed by atoms with E-state index < -0.39 is 0 Å². The third-order valence-corrected chi connectivity index (χ3v) is 8.93. The highest BCUT2D eigenvalue weighted by atomic mass is 79.9. The quantitative estimate of drug-likeness (QED) is 0.0697. The molecule has 0 saturated heterocycles. The van der Waals surface area contributed by atoms with Gasteiger partial charge in [0.25, 0.3) is 0 Å². The molecule has 0 saturated carbocycles. The molecule has 0 bridgehead atoms. The summed E-state index contributed by atoms with van der Waals surface area (Å²) in [5, 5.41) is 0. The molecule has 0 atom stereocenters. The predicted molar refractivity (Wildman–Crippen MR) is 175 cm³/mol. The van der Waals surface area contributed by atoms with Crippen molar-refractivity contribution in [2.24, 2.45) is 0 Å². The Kier molecular flexibility index (Phi) is 41.0. The second-order valence-electron chi connectivity index (χ2n) is 13.0. The zero-order valence-corrected chi connectivity index (χ0v) is 29.3. The molecule has 0 aliphatic heterocycles. The van der Waals surface area contributed by atoms with Crippen LogP contribution in [0.4, 0.5) is 0 Å². The topological polar surface area (TPSA) is 27.6 Å². The Morgan fingerprint density at radius 2 is 0.436 bits per heavy atom. The van der Waals surface area contributed by atoms with Crippen molar-refractivity contribution in [3.05, 3.63) is 0 Å². The number of hydrogen-bond donors (Lipinski definition) is 1. The molecule has 0 aromatic heterocycles. The summed E-state index contributed by atoms with van der Waals surface area (Å²) < 4.78 is 0. The molecule has 0 radical (unpaired) electrons. The van der Waals surface area contributed by atoms with E-state index in [9.17, 15) is 0 Å². The van der Waals surface area contributed by atoms with Crippen molar-refractivity contribution >= 4 is 0 Å². The van der Waals surface area contributed by atoms with Crippen LogP contribution < -0.4 is 22.7 Å². The van der Waals surface area contributed by atoms with Crippen molar-refractivity contribution in [2.45, 2.75) is 238 Å². The maximum absolute atomic E-state index is 4.45. The first-order valence-corrected chi connectivity index (χ1v) is 18.6. The van der Waals surface area contributed by atoms with E-state index in [1.165, 1.54) is 218 Å². The fourth-order valence-corrected chi connectivity index (χ4v) is 6.11. The Bertz CT molecular complexity index is 363. The molecule has 0 rings (SSSR count). The Balaban J connectivity index is 0. The van der Waals surface area contributed by atoms with Gasteiger partial charge >= 0.3 is 0 Å². The molecule has 0 aliphatic carbocycles. The van der Waals surface area contributed by atoms with Gasteiger partial charge in [-0.25, -0.2) is 0 Å². The van der Waals surface area contributed by atoms with Gasteiger partial charge in [-0.1, -0.05) is 206 Å². The monoisotopic (exact) mass is 616 g/mol. The summed E-state index contributed by atoms with van der Waals surface area (Å²) in [6.07, 6.45) is 49.6. The van der Waals surface area contributed by atoms with E-state index >= 15 is 0 Å². The molecule has 2 heteroatoms. The summed E-state index contributed by atoms with van der Waals surface area (Å²) in [6.45, 7) is 4.61. The zero-order chi connectivity index (χ0) is 27.6. The number of rotatable bonds is 34. The average molecular weight is 617 g/mol. The first kappa shape index (κ1) is 41.6. The molecule has 0 spiro atoms. The molecule has 0 fully saturated rings. The summed E-state index contributed by atoms with van der Waals surface area (Å²) in [5.74, 6) is 0. The van der Waals surface area contributed by atoms with Crippen LogP contribution in [0.1, 0.15) is 232 Å². The van der Waals surface area contributed by atoms with Gasteiger partial charge in [0, 0.05) is 0 Å². The Morgan fingerprint density at radius 3 is 0.615 bits per heavy atom. The molecule has 0 unspecified atom stereocenters. The largest absolute Gasteiger partial charge is 1.00 e. The summed E-state index contributed by atoms with van der Waals surface area (Å²) in [4.78, 5) is 0. The van der Waals surface area contributed by atoms with Crippen LogP contribution >= 0.6 is 0 Å². The van der Waals surface area contributed by atoms with Gasteiger partial charge in [0.2, 0.25) is 0 Å². The molecular formula is C37H78BrN. The number of quaternary nitrogens is 1. The van der Waals surface area contributed by atoms with Crippen LogP contribution in [0.15, 0.2) is 0 Å². The van der Waals surface area contributed by atoms with E-state index in [0.717, 1.165) is 0 Å². The minimum absolute atomic E-state index is 0. The van der Waals surface area contributed by atoms with Gasteiger partial charge in [-0.15, -0.1) is 0 Å². The third kappa shape index (κ3) is 38.4. The number of unbranched alkanes of at least 4 members (excludes halogenated alkanes) is 30. The molecule has 0 amide bonds. The molecule has 39 heavy (non-hydrogen) atoms. The normalized spacial score (nSPS) is 11.4. The Labute approximate surface area is 260 Å². The predicted octanol–water partition coefficient (Wildman–Crippen LogP) is 9.90. The first-order valence-electron chi connectivity index (χ1n) is 18.6. The highest BCUT2D eigenvalue weighted by molar-refractivity contribution is 4.57. The van der Waals surface area contributed by atoms with E-state index in [1.807, 2.05) is 0 Å². The van der Waals surface area contributed by atoms with Crippen LogP contribution in [0.2, 0.25) is 0 Å². The lowest BCUT2D eigenvalue weighted by Crippen LogP contribution is -3.00. The maximum atomic E-state index is 4.45. The van der Waals surface area contributed by atoms with Gasteiger partial charge in [-0.2, -0.15) is 0 Å². The van der Waals surface area contributed by atoms with Crippen LogP contribution in [0.3, 0.4) is 0 Å². The lowest BCUT2D eigenvalue weighted by Gasteiger charge is -2.09. The van der Waals surface area contributed by atoms with Gasteiger partial charge in [0.15, 0.2) is 0 Å². The van der Waals surface area contributed by atoms with Crippen LogP contribution in [-0.2, 0) is 0 Å². The standard InChI is InChI=1S/C37H77N.BrH/c1-3-5-7-9-11-13-15-17-19-21-23-25-27-29-31-33-35-37(38)36-34-32-30-28-26-24-22-20-18-16-14-12-10-8-6-4-2;/h37H,3-36,38H2,1-2H3;1H. The first-order chi connectivity index (χ1) is 18.8. The fraction of sp³-hybridized carbons (Fsp3) is 1.00. The van der Waals surface area contributed by atoms with Gasteiger partial charge in [-0.3, -0.25) is 0 Å². The zero-order valence-electron chi connectivity index (χ0n) is 27.7. The van der Waals surface area contributed by atoms with Gasteiger partial charge in [0.05, 0.1) is 6.04 Å². The lowest BCUT2D eigenvalue weighted by atomic mass is 10.00. The molecule has 0 aromatic rings. The van der Waals surface area contributed by atoms with Crippen LogP contribution in [-0.4, -0.2) is 6.04 Å². The molecule has 0 aliphatic rings. The summed E-state index contributed by atoms with van der Waals surface area (Å²) in [6, 6.07) is 0.716. The smallest absolute Gasteiger partial charge is 0.0843 e. The molecule has 0 heterocycles. The molecular weight excluding hydrogens is 538 g/mol. The van der Waals surface area contributed by atoms with E-state index in [-0.39, 0.29) is 17.0 Å².